The first-order valence-corrected chi connectivity index (χ1v) is 8.77. The van der Waals surface area contributed by atoms with Gasteiger partial charge in [0, 0.05) is 17.8 Å². The van der Waals surface area contributed by atoms with Crippen LogP contribution in [0.15, 0.2) is 53.6 Å². The maximum absolute atomic E-state index is 12.2. The van der Waals surface area contributed by atoms with Crippen molar-refractivity contribution in [1.82, 2.24) is 5.43 Å². The largest absolute Gasteiger partial charge is 0.272 e. The zero-order valence-corrected chi connectivity index (χ0v) is 14.8. The van der Waals surface area contributed by atoms with Gasteiger partial charge in [0.2, 0.25) is 0 Å². The number of nitrogens with zero attached hydrogens (tertiary/aromatic N) is 2. The van der Waals surface area contributed by atoms with Gasteiger partial charge in [0.1, 0.15) is 0 Å². The van der Waals surface area contributed by atoms with E-state index in [1.165, 1.54) is 17.7 Å². The van der Waals surface area contributed by atoms with Gasteiger partial charge in [-0.3, -0.25) is 14.9 Å². The van der Waals surface area contributed by atoms with Gasteiger partial charge in [-0.15, -0.1) is 0 Å². The van der Waals surface area contributed by atoms with E-state index in [9.17, 15) is 14.9 Å². The van der Waals surface area contributed by atoms with E-state index >= 15 is 0 Å². The average Bonchev–Trinajstić information content (AvgIpc) is 2.67. The maximum atomic E-state index is 12.2. The van der Waals surface area contributed by atoms with E-state index < -0.39 is 10.8 Å². The molecule has 6 nitrogen and oxygen atoms in total. The monoisotopic (exact) mass is 371 g/mol. The molecule has 7 heteroatoms. The minimum atomic E-state index is -0.557. The lowest BCUT2D eigenvalue weighted by Gasteiger charge is -2.23. The molecule has 0 aliphatic heterocycles. The molecule has 0 aromatic heterocycles. The SMILES string of the molecule is O=C(NN=C1CCC(c2ccccc2)CC1)c1ccc([N+](=O)[O-])cc1Cl. The summed E-state index contributed by atoms with van der Waals surface area (Å²) >= 11 is 5.96. The van der Waals surface area contributed by atoms with Gasteiger partial charge in [0.15, 0.2) is 0 Å². The van der Waals surface area contributed by atoms with Crippen LogP contribution in [0.1, 0.15) is 47.5 Å². The first kappa shape index (κ1) is 18.1. The van der Waals surface area contributed by atoms with Gasteiger partial charge in [-0.05, 0) is 43.2 Å². The number of carbonyl (C=O) groups is 1. The zero-order chi connectivity index (χ0) is 18.5. The number of halogens is 1. The van der Waals surface area contributed by atoms with Crippen LogP contribution in [0.5, 0.6) is 0 Å². The summed E-state index contributed by atoms with van der Waals surface area (Å²) in [5.74, 6) is 0.0533. The maximum Gasteiger partial charge on any atom is 0.272 e. The second-order valence-electron chi connectivity index (χ2n) is 6.23. The number of nitrogens with one attached hydrogen (secondary N) is 1. The Morgan fingerprint density at radius 3 is 2.46 bits per heavy atom. The van der Waals surface area contributed by atoms with Crippen molar-refractivity contribution in [2.75, 3.05) is 0 Å². The summed E-state index contributed by atoms with van der Waals surface area (Å²) in [6.07, 6.45) is 3.65. The van der Waals surface area contributed by atoms with E-state index in [0.29, 0.717) is 5.92 Å². The van der Waals surface area contributed by atoms with E-state index in [0.717, 1.165) is 37.5 Å². The summed E-state index contributed by atoms with van der Waals surface area (Å²) in [5.41, 5.74) is 4.81. The van der Waals surface area contributed by atoms with Gasteiger partial charge >= 0.3 is 0 Å². The standard InChI is InChI=1S/C19H18ClN3O3/c20-18-12-16(23(25)26)10-11-17(18)19(24)22-21-15-8-6-14(7-9-15)13-4-2-1-3-5-13/h1-5,10-12,14H,6-9H2,(H,22,24). The third kappa shape index (κ3) is 4.26. The molecule has 0 saturated heterocycles. The van der Waals surface area contributed by atoms with Crippen LogP contribution in [0.25, 0.3) is 0 Å². The van der Waals surface area contributed by atoms with Gasteiger partial charge < -0.3 is 0 Å². The van der Waals surface area contributed by atoms with E-state index in [1.807, 2.05) is 18.2 Å². The molecule has 0 radical (unpaired) electrons. The molecule has 134 valence electrons. The number of non-ortho nitro benzene ring substituents is 1. The van der Waals surface area contributed by atoms with E-state index in [4.69, 9.17) is 11.6 Å². The predicted molar refractivity (Wildman–Crippen MR) is 101 cm³/mol. The highest BCUT2D eigenvalue weighted by molar-refractivity contribution is 6.34. The Morgan fingerprint density at radius 2 is 1.85 bits per heavy atom. The van der Waals surface area contributed by atoms with Crippen LogP contribution < -0.4 is 5.43 Å². The number of carbonyl (C=O) groups excluding carboxylic acids is 1. The Bertz CT molecular complexity index is 842. The molecule has 0 atom stereocenters. The highest BCUT2D eigenvalue weighted by atomic mass is 35.5. The van der Waals surface area contributed by atoms with Crippen LogP contribution in [-0.4, -0.2) is 16.5 Å². The van der Waals surface area contributed by atoms with Crippen molar-refractivity contribution in [3.05, 3.63) is 74.8 Å². The molecule has 1 aliphatic rings. The van der Waals surface area contributed by atoms with Crippen LogP contribution in [0.3, 0.4) is 0 Å². The van der Waals surface area contributed by atoms with Crippen molar-refractivity contribution in [3.63, 3.8) is 0 Å². The van der Waals surface area contributed by atoms with Gasteiger partial charge in [-0.2, -0.15) is 5.10 Å². The summed E-state index contributed by atoms with van der Waals surface area (Å²) in [6.45, 7) is 0. The second kappa shape index (κ2) is 8.10. The lowest BCUT2D eigenvalue weighted by atomic mass is 9.83. The molecule has 0 heterocycles. The highest BCUT2D eigenvalue weighted by Crippen LogP contribution is 2.31. The molecule has 3 rings (SSSR count). The molecule has 1 fully saturated rings. The fourth-order valence-electron chi connectivity index (χ4n) is 3.11. The average molecular weight is 372 g/mol. The lowest BCUT2D eigenvalue weighted by molar-refractivity contribution is -0.384. The van der Waals surface area contributed by atoms with E-state index in [-0.39, 0.29) is 16.3 Å². The van der Waals surface area contributed by atoms with E-state index in [2.05, 4.69) is 22.7 Å². The number of hydrazone groups is 1. The van der Waals surface area contributed by atoms with Crippen molar-refractivity contribution < 1.29 is 9.72 Å². The molecular weight excluding hydrogens is 354 g/mol. The summed E-state index contributed by atoms with van der Waals surface area (Å²) in [7, 11) is 0. The minimum absolute atomic E-state index is 0.0321. The topological polar surface area (TPSA) is 84.6 Å². The third-order valence-corrected chi connectivity index (χ3v) is 4.87. The fourth-order valence-corrected chi connectivity index (χ4v) is 3.37. The van der Waals surface area contributed by atoms with Crippen LogP contribution in [0.2, 0.25) is 5.02 Å². The van der Waals surface area contributed by atoms with Crippen LogP contribution in [-0.2, 0) is 0 Å². The van der Waals surface area contributed by atoms with Crippen LogP contribution in [0.4, 0.5) is 5.69 Å². The second-order valence-corrected chi connectivity index (χ2v) is 6.63. The van der Waals surface area contributed by atoms with Gasteiger partial charge in [0.25, 0.3) is 11.6 Å². The molecule has 1 saturated carbocycles. The first-order valence-electron chi connectivity index (χ1n) is 8.39. The molecule has 1 amide bonds. The molecule has 2 aromatic carbocycles. The summed E-state index contributed by atoms with van der Waals surface area (Å²) < 4.78 is 0. The van der Waals surface area contributed by atoms with Crippen molar-refractivity contribution >= 4 is 28.9 Å². The molecule has 0 spiro atoms. The Hall–Kier alpha value is -2.73. The smallest absolute Gasteiger partial charge is 0.267 e. The molecule has 2 aromatic rings. The first-order chi connectivity index (χ1) is 12.5. The molecule has 1 aliphatic carbocycles. The predicted octanol–water partition coefficient (Wildman–Crippen LogP) is 4.69. The quantitative estimate of drug-likeness (QED) is 0.624. The van der Waals surface area contributed by atoms with Crippen LogP contribution in [0, 0.1) is 10.1 Å². The number of hydrogen-bond donors (Lipinski definition) is 1. The number of hydrogen-bond acceptors (Lipinski definition) is 4. The van der Waals surface area contributed by atoms with Crippen molar-refractivity contribution in [2.45, 2.75) is 31.6 Å². The molecule has 0 unspecified atom stereocenters. The molecule has 26 heavy (non-hydrogen) atoms. The minimum Gasteiger partial charge on any atom is -0.267 e. The summed E-state index contributed by atoms with van der Waals surface area (Å²) in [4.78, 5) is 22.4. The Balaban J connectivity index is 1.59. The zero-order valence-electron chi connectivity index (χ0n) is 14.0. The normalized spacial score (nSPS) is 16.8. The Kier molecular flexibility index (Phi) is 5.63. The fraction of sp³-hybridized carbons (Fsp3) is 0.263. The van der Waals surface area contributed by atoms with Crippen LogP contribution >= 0.6 is 11.6 Å². The van der Waals surface area contributed by atoms with Gasteiger partial charge in [-0.1, -0.05) is 41.9 Å². The molecular formula is C19H18ClN3O3. The van der Waals surface area contributed by atoms with Crippen molar-refractivity contribution in [2.24, 2.45) is 5.10 Å². The number of nitro groups is 1. The van der Waals surface area contributed by atoms with Gasteiger partial charge in [-0.25, -0.2) is 5.43 Å². The Morgan fingerprint density at radius 1 is 1.15 bits per heavy atom. The summed E-state index contributed by atoms with van der Waals surface area (Å²) in [6, 6.07) is 14.1. The highest BCUT2D eigenvalue weighted by Gasteiger charge is 2.20. The Labute approximate surface area is 156 Å². The van der Waals surface area contributed by atoms with Crippen molar-refractivity contribution in [3.8, 4) is 0 Å². The number of amides is 1. The lowest BCUT2D eigenvalue weighted by Crippen LogP contribution is -2.22. The molecule has 0 bridgehead atoms. The van der Waals surface area contributed by atoms with E-state index in [1.54, 1.807) is 0 Å². The van der Waals surface area contributed by atoms with Gasteiger partial charge in [0.05, 0.1) is 15.5 Å². The molecule has 1 N–H and O–H groups in total. The van der Waals surface area contributed by atoms with Crippen molar-refractivity contribution in [1.29, 1.82) is 0 Å². The summed E-state index contributed by atoms with van der Waals surface area (Å²) in [5, 5.41) is 15.0. The number of benzene rings is 2. The number of rotatable bonds is 4. The number of nitro benzene ring substituents is 1. The third-order valence-electron chi connectivity index (χ3n) is 4.56.